The van der Waals surface area contributed by atoms with Crippen LogP contribution in [0.1, 0.15) is 40.6 Å². The van der Waals surface area contributed by atoms with E-state index in [4.69, 9.17) is 23.2 Å². The first kappa shape index (κ1) is 21.9. The van der Waals surface area contributed by atoms with Gasteiger partial charge in [0.15, 0.2) is 0 Å². The third-order valence-electron chi connectivity index (χ3n) is 5.56. The molecule has 0 aliphatic rings. The van der Waals surface area contributed by atoms with Crippen molar-refractivity contribution in [1.29, 1.82) is 0 Å². The molecule has 0 radical (unpaired) electrons. The minimum absolute atomic E-state index is 0.267. The van der Waals surface area contributed by atoms with Crippen molar-refractivity contribution in [2.24, 2.45) is 0 Å². The highest BCUT2D eigenvalue weighted by atomic mass is 35.5. The predicted molar refractivity (Wildman–Crippen MR) is 137 cm³/mol. The summed E-state index contributed by atoms with van der Waals surface area (Å²) in [5.41, 5.74) is 5.15. The molecule has 2 aromatic heterocycles. The van der Waals surface area contributed by atoms with E-state index in [1.165, 1.54) is 16.9 Å². The molecule has 2 heterocycles. The summed E-state index contributed by atoms with van der Waals surface area (Å²) in [5.74, 6) is 0.195. The van der Waals surface area contributed by atoms with Crippen LogP contribution >= 0.6 is 34.5 Å². The predicted octanol–water partition coefficient (Wildman–Crippen LogP) is 7.63. The van der Waals surface area contributed by atoms with E-state index in [1.807, 2.05) is 43.3 Å². The molecule has 5 nitrogen and oxygen atoms in total. The van der Waals surface area contributed by atoms with Gasteiger partial charge in [-0.25, -0.2) is 0 Å². The lowest BCUT2D eigenvalue weighted by Gasteiger charge is -2.07. The number of halogens is 2. The van der Waals surface area contributed by atoms with Gasteiger partial charge in [-0.3, -0.25) is 4.79 Å². The van der Waals surface area contributed by atoms with Crippen LogP contribution in [0, 0.1) is 6.92 Å². The van der Waals surface area contributed by atoms with Crippen LogP contribution in [0.5, 0.6) is 0 Å². The Kier molecular flexibility index (Phi) is 5.60. The number of anilines is 1. The van der Waals surface area contributed by atoms with Crippen LogP contribution in [0.25, 0.3) is 26.8 Å². The van der Waals surface area contributed by atoms with Gasteiger partial charge in [0.25, 0.3) is 5.91 Å². The fourth-order valence-corrected chi connectivity index (χ4v) is 5.36. The Morgan fingerprint density at radius 2 is 1.70 bits per heavy atom. The molecule has 0 saturated heterocycles. The maximum absolute atomic E-state index is 13.0. The average Bonchev–Trinajstić information content (AvgIpc) is 3.34. The van der Waals surface area contributed by atoms with E-state index in [1.54, 1.807) is 10.9 Å². The number of carbonyl (C=O) groups is 1. The Morgan fingerprint density at radius 3 is 2.39 bits per heavy atom. The quantitative estimate of drug-likeness (QED) is 0.279. The molecule has 0 atom stereocenters. The van der Waals surface area contributed by atoms with Crippen LogP contribution in [-0.4, -0.2) is 20.9 Å². The molecule has 5 rings (SSSR count). The molecule has 166 valence electrons. The molecule has 0 fully saturated rings. The van der Waals surface area contributed by atoms with Crippen molar-refractivity contribution in [2.45, 2.75) is 26.7 Å². The lowest BCUT2D eigenvalue weighted by molar-refractivity contribution is 0.103. The van der Waals surface area contributed by atoms with E-state index in [9.17, 15) is 4.79 Å². The highest BCUT2D eigenvalue weighted by Crippen LogP contribution is 2.37. The van der Waals surface area contributed by atoms with Crippen molar-refractivity contribution in [3.63, 3.8) is 0 Å². The minimum atomic E-state index is -0.267. The highest BCUT2D eigenvalue weighted by molar-refractivity contribution is 7.21. The standard InChI is InChI=1S/C25H20Cl2N4OS/c1-13(2)15-4-7-17(8-5-15)31-29-20-10-14(3)19(12-21(20)30-31)28-25(32)24-23(27)18-9-6-16(26)11-22(18)33-24/h4-13H,1-3H3,(H,28,32). The molecule has 5 aromatic rings. The molecule has 0 bridgehead atoms. The Balaban J connectivity index is 1.46. The average molecular weight is 495 g/mol. The van der Waals surface area contributed by atoms with Gasteiger partial charge in [0, 0.05) is 20.8 Å². The summed E-state index contributed by atoms with van der Waals surface area (Å²) < 4.78 is 0.872. The van der Waals surface area contributed by atoms with Gasteiger partial charge in [-0.15, -0.1) is 21.5 Å². The summed E-state index contributed by atoms with van der Waals surface area (Å²) in [7, 11) is 0. The van der Waals surface area contributed by atoms with E-state index in [0.29, 0.717) is 32.0 Å². The number of aromatic nitrogens is 3. The first-order valence-corrected chi connectivity index (χ1v) is 12.0. The first-order valence-electron chi connectivity index (χ1n) is 10.5. The molecule has 0 aliphatic heterocycles. The molecule has 0 spiro atoms. The number of nitrogens with zero attached hydrogens (tertiary/aromatic N) is 3. The Bertz CT molecular complexity index is 1520. The number of aryl methyl sites for hydroxylation is 1. The van der Waals surface area contributed by atoms with Gasteiger partial charge >= 0.3 is 0 Å². The number of rotatable bonds is 4. The molecular formula is C25H20Cl2N4OS. The largest absolute Gasteiger partial charge is 0.321 e. The van der Waals surface area contributed by atoms with Crippen LogP contribution in [0.3, 0.4) is 0 Å². The van der Waals surface area contributed by atoms with E-state index >= 15 is 0 Å². The fraction of sp³-hybridized carbons (Fsp3) is 0.160. The summed E-state index contributed by atoms with van der Waals surface area (Å²) >= 11 is 13.9. The summed E-state index contributed by atoms with van der Waals surface area (Å²) in [5, 5.41) is 14.1. The molecule has 33 heavy (non-hydrogen) atoms. The second-order valence-electron chi connectivity index (χ2n) is 8.23. The van der Waals surface area contributed by atoms with E-state index < -0.39 is 0 Å². The van der Waals surface area contributed by atoms with Gasteiger partial charge in [0.2, 0.25) is 0 Å². The molecule has 8 heteroatoms. The van der Waals surface area contributed by atoms with Gasteiger partial charge in [-0.2, -0.15) is 4.80 Å². The zero-order chi connectivity index (χ0) is 23.3. The van der Waals surface area contributed by atoms with Crippen LogP contribution in [0.2, 0.25) is 10.0 Å². The van der Waals surface area contributed by atoms with Gasteiger partial charge in [0.1, 0.15) is 15.9 Å². The fourth-order valence-electron chi connectivity index (χ4n) is 3.67. The Hall–Kier alpha value is -2.93. The summed E-state index contributed by atoms with van der Waals surface area (Å²) in [6.07, 6.45) is 0. The maximum atomic E-state index is 13.0. The van der Waals surface area contributed by atoms with Crippen molar-refractivity contribution in [3.05, 3.63) is 80.6 Å². The van der Waals surface area contributed by atoms with Gasteiger partial charge in [-0.05, 0) is 60.4 Å². The van der Waals surface area contributed by atoms with E-state index in [-0.39, 0.29) is 5.91 Å². The van der Waals surface area contributed by atoms with Crippen LogP contribution in [0.15, 0.2) is 54.6 Å². The second kappa shape index (κ2) is 8.45. The number of hydrogen-bond donors (Lipinski definition) is 1. The molecule has 3 aromatic carbocycles. The molecule has 1 amide bonds. The third-order valence-corrected chi connectivity index (χ3v) is 7.45. The lowest BCUT2D eigenvalue weighted by atomic mass is 10.0. The normalized spacial score (nSPS) is 11.6. The Labute approximate surface area is 204 Å². The van der Waals surface area contributed by atoms with Crippen LogP contribution in [0.4, 0.5) is 5.69 Å². The second-order valence-corrected chi connectivity index (χ2v) is 10.1. The number of nitrogens with one attached hydrogen (secondary N) is 1. The van der Waals surface area contributed by atoms with E-state index in [2.05, 4.69) is 41.5 Å². The number of carbonyl (C=O) groups excluding carboxylic acids is 1. The van der Waals surface area contributed by atoms with E-state index in [0.717, 1.165) is 26.9 Å². The summed E-state index contributed by atoms with van der Waals surface area (Å²) in [6.45, 7) is 6.25. The molecule has 1 N–H and O–H groups in total. The molecule has 0 saturated carbocycles. The van der Waals surface area contributed by atoms with Crippen LogP contribution < -0.4 is 5.32 Å². The number of amides is 1. The van der Waals surface area contributed by atoms with Gasteiger partial charge in [0.05, 0.1) is 10.7 Å². The SMILES string of the molecule is Cc1cc2nn(-c3ccc(C(C)C)cc3)nc2cc1NC(=O)c1sc2cc(Cl)ccc2c1Cl. The number of thiophene rings is 1. The van der Waals surface area contributed by atoms with Crippen LogP contribution in [-0.2, 0) is 0 Å². The maximum Gasteiger partial charge on any atom is 0.267 e. The monoisotopic (exact) mass is 494 g/mol. The smallest absolute Gasteiger partial charge is 0.267 e. The molecule has 0 aliphatic carbocycles. The van der Waals surface area contributed by atoms with Crippen molar-refractivity contribution < 1.29 is 4.79 Å². The van der Waals surface area contributed by atoms with Gasteiger partial charge in [-0.1, -0.05) is 55.2 Å². The summed E-state index contributed by atoms with van der Waals surface area (Å²) in [6, 6.07) is 17.4. The minimum Gasteiger partial charge on any atom is -0.321 e. The first-order chi connectivity index (χ1) is 15.8. The highest BCUT2D eigenvalue weighted by Gasteiger charge is 2.19. The Morgan fingerprint density at radius 1 is 1.00 bits per heavy atom. The van der Waals surface area contributed by atoms with Crippen molar-refractivity contribution in [3.8, 4) is 5.69 Å². The number of benzene rings is 3. The molecular weight excluding hydrogens is 475 g/mol. The summed E-state index contributed by atoms with van der Waals surface area (Å²) in [4.78, 5) is 15.1. The van der Waals surface area contributed by atoms with Crippen molar-refractivity contribution in [1.82, 2.24) is 15.0 Å². The van der Waals surface area contributed by atoms with Crippen molar-refractivity contribution in [2.75, 3.05) is 5.32 Å². The van der Waals surface area contributed by atoms with Crippen molar-refractivity contribution >= 4 is 67.3 Å². The number of fused-ring (bicyclic) bond motifs is 2. The molecule has 0 unspecified atom stereocenters. The van der Waals surface area contributed by atoms with Gasteiger partial charge < -0.3 is 5.32 Å². The topological polar surface area (TPSA) is 59.8 Å². The third kappa shape index (κ3) is 4.10. The zero-order valence-electron chi connectivity index (χ0n) is 18.2. The lowest BCUT2D eigenvalue weighted by Crippen LogP contribution is -2.11. The zero-order valence-corrected chi connectivity index (χ0v) is 20.5. The number of hydrogen-bond acceptors (Lipinski definition) is 4.